The van der Waals surface area contributed by atoms with Gasteiger partial charge in [0.25, 0.3) is 0 Å². The summed E-state index contributed by atoms with van der Waals surface area (Å²) >= 11 is 0. The van der Waals surface area contributed by atoms with Crippen LogP contribution in [-0.4, -0.2) is 60.5 Å². The van der Waals surface area contributed by atoms with Gasteiger partial charge in [0, 0.05) is 43.5 Å². The molecule has 0 radical (unpaired) electrons. The van der Waals surface area contributed by atoms with E-state index >= 15 is 0 Å². The number of nitrogens with zero attached hydrogens (tertiary/aromatic N) is 1. The molecular weight excluding hydrogens is 274 g/mol. The first-order chi connectivity index (χ1) is 10.1. The van der Waals surface area contributed by atoms with Gasteiger partial charge < -0.3 is 25.6 Å². The second kappa shape index (κ2) is 7.70. The number of anilines is 1. The summed E-state index contributed by atoms with van der Waals surface area (Å²) < 4.78 is 5.27. The molecule has 4 N–H and O–H groups in total. The van der Waals surface area contributed by atoms with Gasteiger partial charge in [0.15, 0.2) is 0 Å². The van der Waals surface area contributed by atoms with Crippen molar-refractivity contribution in [3.63, 3.8) is 0 Å². The zero-order chi connectivity index (χ0) is 15.1. The maximum absolute atomic E-state index is 11.7. The molecule has 1 heterocycles. The first-order valence-electron chi connectivity index (χ1n) is 7.01. The molecule has 7 heteroatoms. The number of morpholine rings is 1. The van der Waals surface area contributed by atoms with Crippen LogP contribution in [0, 0.1) is 0 Å². The summed E-state index contributed by atoms with van der Waals surface area (Å²) in [5.41, 5.74) is 0.346. The molecule has 2 rings (SSSR count). The number of carbonyl (C=O) groups excluding carboxylic acids is 1. The van der Waals surface area contributed by atoms with Crippen LogP contribution in [0.3, 0.4) is 0 Å². The van der Waals surface area contributed by atoms with Gasteiger partial charge in [-0.05, 0) is 13.0 Å². The molecule has 7 nitrogen and oxygen atoms in total. The molecule has 0 saturated carbocycles. The van der Waals surface area contributed by atoms with Crippen molar-refractivity contribution in [2.45, 2.75) is 6.42 Å². The Morgan fingerprint density at radius 3 is 2.52 bits per heavy atom. The lowest BCUT2D eigenvalue weighted by Crippen LogP contribution is -2.38. The first-order valence-corrected chi connectivity index (χ1v) is 7.01. The lowest BCUT2D eigenvalue weighted by atomic mass is 10.3. The van der Waals surface area contributed by atoms with E-state index in [1.807, 2.05) is 0 Å². The van der Waals surface area contributed by atoms with Crippen molar-refractivity contribution >= 4 is 11.7 Å². The highest BCUT2D eigenvalue weighted by molar-refractivity contribution is 5.89. The SMILES string of the molecule is O=C(NCCCN1CCOCC1)Nc1cc(O)cc(O)c1. The van der Waals surface area contributed by atoms with Crippen molar-refractivity contribution < 1.29 is 19.7 Å². The molecule has 1 aromatic rings. The molecule has 0 bridgehead atoms. The summed E-state index contributed by atoms with van der Waals surface area (Å²) in [4.78, 5) is 14.0. The largest absolute Gasteiger partial charge is 0.508 e. The zero-order valence-corrected chi connectivity index (χ0v) is 11.8. The van der Waals surface area contributed by atoms with Gasteiger partial charge in [-0.1, -0.05) is 0 Å². The van der Waals surface area contributed by atoms with Crippen LogP contribution in [0.25, 0.3) is 0 Å². The van der Waals surface area contributed by atoms with Gasteiger partial charge in [0.05, 0.1) is 13.2 Å². The van der Waals surface area contributed by atoms with Crippen molar-refractivity contribution in [2.75, 3.05) is 44.7 Å². The Hall–Kier alpha value is -1.99. The molecule has 1 aromatic carbocycles. The summed E-state index contributed by atoms with van der Waals surface area (Å²) in [5, 5.41) is 23.9. The number of hydrogen-bond acceptors (Lipinski definition) is 5. The maximum Gasteiger partial charge on any atom is 0.319 e. The van der Waals surface area contributed by atoms with Crippen molar-refractivity contribution in [3.8, 4) is 11.5 Å². The van der Waals surface area contributed by atoms with Crippen molar-refractivity contribution in [3.05, 3.63) is 18.2 Å². The highest BCUT2D eigenvalue weighted by Gasteiger charge is 2.09. The zero-order valence-electron chi connectivity index (χ0n) is 11.8. The van der Waals surface area contributed by atoms with E-state index in [9.17, 15) is 15.0 Å². The van der Waals surface area contributed by atoms with Gasteiger partial charge >= 0.3 is 6.03 Å². The molecule has 0 spiro atoms. The average molecular weight is 295 g/mol. The Bertz CT molecular complexity index is 455. The van der Waals surface area contributed by atoms with Gasteiger partial charge in [-0.3, -0.25) is 4.90 Å². The first kappa shape index (κ1) is 15.4. The highest BCUT2D eigenvalue weighted by atomic mass is 16.5. The van der Waals surface area contributed by atoms with E-state index < -0.39 is 0 Å². The van der Waals surface area contributed by atoms with Crippen LogP contribution in [0.4, 0.5) is 10.5 Å². The lowest BCUT2D eigenvalue weighted by molar-refractivity contribution is 0.0375. The summed E-state index contributed by atoms with van der Waals surface area (Å²) in [6, 6.07) is 3.58. The minimum atomic E-state index is -0.359. The van der Waals surface area contributed by atoms with E-state index in [1.54, 1.807) is 0 Å². The number of carbonyl (C=O) groups is 1. The van der Waals surface area contributed by atoms with E-state index in [0.717, 1.165) is 39.3 Å². The number of hydrogen-bond donors (Lipinski definition) is 4. The van der Waals surface area contributed by atoms with Gasteiger partial charge in [-0.2, -0.15) is 0 Å². The minimum absolute atomic E-state index is 0.0994. The topological polar surface area (TPSA) is 94.1 Å². The molecule has 1 saturated heterocycles. The van der Waals surface area contributed by atoms with Crippen LogP contribution in [0.5, 0.6) is 11.5 Å². The smallest absolute Gasteiger partial charge is 0.319 e. The molecule has 1 aliphatic heterocycles. The molecule has 21 heavy (non-hydrogen) atoms. The summed E-state index contributed by atoms with van der Waals surface area (Å²) in [6.45, 7) is 4.91. The van der Waals surface area contributed by atoms with Crippen molar-refractivity contribution in [1.29, 1.82) is 0 Å². The normalized spacial score (nSPS) is 15.6. The third kappa shape index (κ3) is 5.49. The number of nitrogens with one attached hydrogen (secondary N) is 2. The number of benzene rings is 1. The predicted molar refractivity (Wildman–Crippen MR) is 78.7 cm³/mol. The molecule has 0 unspecified atom stereocenters. The summed E-state index contributed by atoms with van der Waals surface area (Å²) in [5.74, 6) is -0.199. The number of rotatable bonds is 5. The van der Waals surface area contributed by atoms with Gasteiger partial charge in [0.2, 0.25) is 0 Å². The van der Waals surface area contributed by atoms with E-state index in [0.29, 0.717) is 12.2 Å². The number of ether oxygens (including phenoxy) is 1. The molecule has 1 aliphatic rings. The Kier molecular flexibility index (Phi) is 5.65. The third-order valence-electron chi connectivity index (χ3n) is 3.20. The number of urea groups is 1. The Balaban J connectivity index is 1.65. The van der Waals surface area contributed by atoms with E-state index in [2.05, 4.69) is 15.5 Å². The van der Waals surface area contributed by atoms with E-state index in [-0.39, 0.29) is 17.5 Å². The van der Waals surface area contributed by atoms with Gasteiger partial charge in [0.1, 0.15) is 11.5 Å². The fourth-order valence-electron chi connectivity index (χ4n) is 2.17. The van der Waals surface area contributed by atoms with Crippen LogP contribution in [0.1, 0.15) is 6.42 Å². The molecule has 0 aliphatic carbocycles. The summed E-state index contributed by atoms with van der Waals surface area (Å²) in [6.07, 6.45) is 0.860. The van der Waals surface area contributed by atoms with Crippen LogP contribution >= 0.6 is 0 Å². The van der Waals surface area contributed by atoms with Crippen LogP contribution in [0.15, 0.2) is 18.2 Å². The average Bonchev–Trinajstić information content (AvgIpc) is 2.43. The fourth-order valence-corrected chi connectivity index (χ4v) is 2.17. The molecule has 116 valence electrons. The third-order valence-corrected chi connectivity index (χ3v) is 3.20. The molecule has 2 amide bonds. The van der Waals surface area contributed by atoms with E-state index in [1.165, 1.54) is 18.2 Å². The number of amides is 2. The number of phenols is 2. The lowest BCUT2D eigenvalue weighted by Gasteiger charge is -2.26. The summed E-state index contributed by atoms with van der Waals surface area (Å²) in [7, 11) is 0. The number of phenolic OH excluding ortho intramolecular Hbond substituents is 2. The highest BCUT2D eigenvalue weighted by Crippen LogP contribution is 2.23. The molecule has 0 aromatic heterocycles. The monoisotopic (exact) mass is 295 g/mol. The molecule has 1 fully saturated rings. The Morgan fingerprint density at radius 1 is 1.19 bits per heavy atom. The van der Waals surface area contributed by atoms with Crippen LogP contribution in [0.2, 0.25) is 0 Å². The Morgan fingerprint density at radius 2 is 1.86 bits per heavy atom. The Labute approximate surface area is 123 Å². The van der Waals surface area contributed by atoms with Gasteiger partial charge in [-0.15, -0.1) is 0 Å². The van der Waals surface area contributed by atoms with Crippen molar-refractivity contribution in [2.24, 2.45) is 0 Å². The minimum Gasteiger partial charge on any atom is -0.508 e. The fraction of sp³-hybridized carbons (Fsp3) is 0.500. The van der Waals surface area contributed by atoms with E-state index in [4.69, 9.17) is 4.74 Å². The standard InChI is InChI=1S/C14H21N3O4/c18-12-8-11(9-13(19)10-12)16-14(20)15-2-1-3-17-4-6-21-7-5-17/h8-10,18-19H,1-7H2,(H2,15,16,20). The van der Waals surface area contributed by atoms with Gasteiger partial charge in [-0.25, -0.2) is 4.79 Å². The van der Waals surface area contributed by atoms with Crippen molar-refractivity contribution in [1.82, 2.24) is 10.2 Å². The second-order valence-electron chi connectivity index (χ2n) is 4.93. The molecule has 0 atom stereocenters. The maximum atomic E-state index is 11.7. The second-order valence-corrected chi connectivity index (χ2v) is 4.93. The quantitative estimate of drug-likeness (QED) is 0.607. The number of aromatic hydroxyl groups is 2. The molecular formula is C14H21N3O4. The van der Waals surface area contributed by atoms with Crippen LogP contribution < -0.4 is 10.6 Å². The predicted octanol–water partition coefficient (Wildman–Crippen LogP) is 0.942. The van der Waals surface area contributed by atoms with Crippen LogP contribution in [-0.2, 0) is 4.74 Å².